The molecule has 0 spiro atoms. The first-order valence-corrected chi connectivity index (χ1v) is 8.25. The monoisotopic (exact) mass is 356 g/mol. The summed E-state index contributed by atoms with van der Waals surface area (Å²) in [5.74, 6) is 0. The fourth-order valence-electron chi connectivity index (χ4n) is 2.56. The van der Waals surface area contributed by atoms with Crippen molar-refractivity contribution >= 4 is 26.8 Å². The van der Waals surface area contributed by atoms with Gasteiger partial charge in [0.05, 0.1) is 11.2 Å². The summed E-state index contributed by atoms with van der Waals surface area (Å²) in [7, 11) is 0. The van der Waals surface area contributed by atoms with Crippen LogP contribution in [0.1, 0.15) is 25.3 Å². The molecular formula is C18H17BrN2O. The Bertz CT molecular complexity index is 853. The van der Waals surface area contributed by atoms with E-state index in [2.05, 4.69) is 45.0 Å². The van der Waals surface area contributed by atoms with Gasteiger partial charge in [0.15, 0.2) is 0 Å². The van der Waals surface area contributed by atoms with Crippen LogP contribution < -0.4 is 5.69 Å². The average molecular weight is 357 g/mol. The molecule has 0 aliphatic heterocycles. The number of rotatable bonds is 4. The van der Waals surface area contributed by atoms with E-state index in [4.69, 9.17) is 0 Å². The number of fused-ring (bicyclic) bond motifs is 1. The number of hydrogen-bond acceptors (Lipinski definition) is 2. The first-order chi connectivity index (χ1) is 10.7. The Morgan fingerprint density at radius 3 is 2.64 bits per heavy atom. The minimum atomic E-state index is -0.320. The SMILES string of the molecule is CCCCc1ccc(-c2nc(=O)[nH]c3ccc(Br)cc23)cc1. The van der Waals surface area contributed by atoms with Gasteiger partial charge in [0.25, 0.3) is 0 Å². The van der Waals surface area contributed by atoms with Crippen molar-refractivity contribution in [3.05, 3.63) is 63.0 Å². The van der Waals surface area contributed by atoms with Crippen molar-refractivity contribution < 1.29 is 0 Å². The van der Waals surface area contributed by atoms with Gasteiger partial charge in [0, 0.05) is 15.4 Å². The Hall–Kier alpha value is -1.94. The molecule has 0 aliphatic carbocycles. The number of aromatic amines is 1. The maximum absolute atomic E-state index is 11.8. The van der Waals surface area contributed by atoms with Crippen molar-refractivity contribution in [1.82, 2.24) is 9.97 Å². The van der Waals surface area contributed by atoms with Crippen molar-refractivity contribution in [2.75, 3.05) is 0 Å². The van der Waals surface area contributed by atoms with Crippen LogP contribution in [0, 0.1) is 0 Å². The van der Waals surface area contributed by atoms with Crippen molar-refractivity contribution in [3.8, 4) is 11.3 Å². The van der Waals surface area contributed by atoms with E-state index in [1.807, 2.05) is 30.3 Å². The van der Waals surface area contributed by atoms with Gasteiger partial charge in [-0.3, -0.25) is 0 Å². The molecule has 1 N–H and O–H groups in total. The van der Waals surface area contributed by atoms with E-state index in [0.29, 0.717) is 0 Å². The lowest BCUT2D eigenvalue weighted by Gasteiger charge is -2.07. The van der Waals surface area contributed by atoms with Crippen molar-refractivity contribution in [2.24, 2.45) is 0 Å². The smallest absolute Gasteiger partial charge is 0.305 e. The molecule has 0 saturated heterocycles. The molecule has 0 atom stereocenters. The van der Waals surface area contributed by atoms with Crippen LogP contribution in [0.2, 0.25) is 0 Å². The number of unbranched alkanes of at least 4 members (excludes halogenated alkanes) is 1. The van der Waals surface area contributed by atoms with Gasteiger partial charge < -0.3 is 4.98 Å². The molecule has 1 aromatic heterocycles. The number of nitrogens with zero attached hydrogens (tertiary/aromatic N) is 1. The van der Waals surface area contributed by atoms with Crippen LogP contribution in [-0.2, 0) is 6.42 Å². The van der Waals surface area contributed by atoms with E-state index < -0.39 is 0 Å². The molecule has 22 heavy (non-hydrogen) atoms. The summed E-state index contributed by atoms with van der Waals surface area (Å²) in [6, 6.07) is 14.1. The number of hydrogen-bond donors (Lipinski definition) is 1. The number of aromatic nitrogens is 2. The first-order valence-electron chi connectivity index (χ1n) is 7.46. The number of benzene rings is 2. The Morgan fingerprint density at radius 2 is 1.91 bits per heavy atom. The minimum absolute atomic E-state index is 0.320. The van der Waals surface area contributed by atoms with E-state index in [1.165, 1.54) is 18.4 Å². The highest BCUT2D eigenvalue weighted by Gasteiger charge is 2.08. The van der Waals surface area contributed by atoms with Crippen LogP contribution in [0.3, 0.4) is 0 Å². The fraction of sp³-hybridized carbons (Fsp3) is 0.222. The molecule has 0 amide bonds. The Morgan fingerprint density at radius 1 is 1.14 bits per heavy atom. The van der Waals surface area contributed by atoms with Gasteiger partial charge in [-0.25, -0.2) is 4.79 Å². The number of nitrogens with one attached hydrogen (secondary N) is 1. The highest BCUT2D eigenvalue weighted by molar-refractivity contribution is 9.10. The van der Waals surface area contributed by atoms with Crippen LogP contribution in [-0.4, -0.2) is 9.97 Å². The molecule has 3 nitrogen and oxygen atoms in total. The predicted molar refractivity (Wildman–Crippen MR) is 94.1 cm³/mol. The largest absolute Gasteiger partial charge is 0.345 e. The average Bonchev–Trinajstić information content (AvgIpc) is 2.53. The van der Waals surface area contributed by atoms with Gasteiger partial charge in [-0.15, -0.1) is 0 Å². The molecule has 112 valence electrons. The zero-order valence-corrected chi connectivity index (χ0v) is 14.0. The molecule has 0 fully saturated rings. The summed E-state index contributed by atoms with van der Waals surface area (Å²) < 4.78 is 0.967. The van der Waals surface area contributed by atoms with Crippen molar-refractivity contribution in [2.45, 2.75) is 26.2 Å². The Balaban J connectivity index is 2.09. The topological polar surface area (TPSA) is 45.8 Å². The molecule has 0 unspecified atom stereocenters. The van der Waals surface area contributed by atoms with E-state index in [-0.39, 0.29) is 5.69 Å². The normalized spacial score (nSPS) is 11.0. The number of halogens is 1. The minimum Gasteiger partial charge on any atom is -0.305 e. The van der Waals surface area contributed by atoms with Crippen molar-refractivity contribution in [1.29, 1.82) is 0 Å². The summed E-state index contributed by atoms with van der Waals surface area (Å²) >= 11 is 3.48. The van der Waals surface area contributed by atoms with E-state index in [9.17, 15) is 4.79 Å². The summed E-state index contributed by atoms with van der Waals surface area (Å²) in [5, 5.41) is 0.940. The lowest BCUT2D eigenvalue weighted by Crippen LogP contribution is -2.11. The van der Waals surface area contributed by atoms with E-state index in [1.54, 1.807) is 0 Å². The predicted octanol–water partition coefficient (Wildman–Crippen LogP) is 4.70. The molecule has 4 heteroatoms. The Kier molecular flexibility index (Phi) is 4.39. The van der Waals surface area contributed by atoms with Gasteiger partial charge in [-0.1, -0.05) is 53.5 Å². The molecule has 0 saturated carbocycles. The van der Waals surface area contributed by atoms with Crippen LogP contribution in [0.15, 0.2) is 51.7 Å². The van der Waals surface area contributed by atoms with Gasteiger partial charge in [0.2, 0.25) is 0 Å². The molecule has 2 aromatic carbocycles. The summed E-state index contributed by atoms with van der Waals surface area (Å²) in [6.07, 6.45) is 3.47. The molecular weight excluding hydrogens is 340 g/mol. The summed E-state index contributed by atoms with van der Waals surface area (Å²) in [5.41, 5.74) is 3.49. The lowest BCUT2D eigenvalue weighted by atomic mass is 10.0. The quantitative estimate of drug-likeness (QED) is 0.736. The molecule has 3 rings (SSSR count). The van der Waals surface area contributed by atoms with Crippen LogP contribution in [0.5, 0.6) is 0 Å². The van der Waals surface area contributed by atoms with E-state index >= 15 is 0 Å². The second-order valence-electron chi connectivity index (χ2n) is 5.38. The third-order valence-corrected chi connectivity index (χ3v) is 4.23. The lowest BCUT2D eigenvalue weighted by molar-refractivity contribution is 0.795. The van der Waals surface area contributed by atoms with Gasteiger partial charge in [0.1, 0.15) is 0 Å². The van der Waals surface area contributed by atoms with Gasteiger partial charge in [-0.2, -0.15) is 4.98 Å². The van der Waals surface area contributed by atoms with Crippen LogP contribution in [0.25, 0.3) is 22.2 Å². The van der Waals surface area contributed by atoms with Crippen molar-refractivity contribution in [3.63, 3.8) is 0 Å². The highest BCUT2D eigenvalue weighted by atomic mass is 79.9. The van der Waals surface area contributed by atoms with Crippen LogP contribution in [0.4, 0.5) is 0 Å². The van der Waals surface area contributed by atoms with Gasteiger partial charge in [-0.05, 0) is 36.6 Å². The molecule has 3 aromatic rings. The summed E-state index contributed by atoms with van der Waals surface area (Å²) in [4.78, 5) is 18.7. The highest BCUT2D eigenvalue weighted by Crippen LogP contribution is 2.27. The molecule has 1 heterocycles. The third-order valence-electron chi connectivity index (χ3n) is 3.74. The summed E-state index contributed by atoms with van der Waals surface area (Å²) in [6.45, 7) is 2.19. The van der Waals surface area contributed by atoms with Gasteiger partial charge >= 0.3 is 5.69 Å². The third kappa shape index (κ3) is 3.12. The number of aryl methyl sites for hydroxylation is 1. The molecule has 0 bridgehead atoms. The van der Waals surface area contributed by atoms with Crippen LogP contribution >= 0.6 is 15.9 Å². The second kappa shape index (κ2) is 6.44. The van der Waals surface area contributed by atoms with E-state index in [0.717, 1.165) is 33.1 Å². The Labute approximate surface area is 137 Å². The maximum atomic E-state index is 11.8. The molecule has 0 radical (unpaired) electrons. The standard InChI is InChI=1S/C18H17BrN2O/c1-2-3-4-12-5-7-13(8-6-12)17-15-11-14(19)9-10-16(15)20-18(22)21-17/h5-11H,2-4H2,1H3,(H,20,21,22). The zero-order valence-electron chi connectivity index (χ0n) is 12.4. The number of H-pyrrole nitrogens is 1. The fourth-order valence-corrected chi connectivity index (χ4v) is 2.92. The second-order valence-corrected chi connectivity index (χ2v) is 6.30. The first kappa shape index (κ1) is 15.0. The zero-order chi connectivity index (χ0) is 15.5. The molecule has 0 aliphatic rings. The maximum Gasteiger partial charge on any atom is 0.345 e.